The highest BCUT2D eigenvalue weighted by molar-refractivity contribution is 5.95. The van der Waals surface area contributed by atoms with Crippen LogP contribution in [0.5, 0.6) is 0 Å². The van der Waals surface area contributed by atoms with Crippen molar-refractivity contribution in [3.63, 3.8) is 0 Å². The van der Waals surface area contributed by atoms with Crippen LogP contribution in [0.2, 0.25) is 0 Å². The van der Waals surface area contributed by atoms with Gasteiger partial charge in [0.2, 0.25) is 0 Å². The van der Waals surface area contributed by atoms with Gasteiger partial charge in [0.25, 0.3) is 5.91 Å². The molecular formula is C14H19NO2. The van der Waals surface area contributed by atoms with Gasteiger partial charge in [0.15, 0.2) is 0 Å². The summed E-state index contributed by atoms with van der Waals surface area (Å²) < 4.78 is 0. The van der Waals surface area contributed by atoms with Gasteiger partial charge in [-0.1, -0.05) is 17.7 Å². The number of likely N-dealkylation sites (tertiary alicyclic amines) is 1. The Bertz CT molecular complexity index is 428. The molecule has 1 fully saturated rings. The van der Waals surface area contributed by atoms with Crippen LogP contribution < -0.4 is 0 Å². The third-order valence-electron chi connectivity index (χ3n) is 3.31. The monoisotopic (exact) mass is 233 g/mol. The molecule has 0 saturated carbocycles. The second kappa shape index (κ2) is 4.88. The molecule has 3 nitrogen and oxygen atoms in total. The lowest BCUT2D eigenvalue weighted by Gasteiger charge is -2.30. The van der Waals surface area contributed by atoms with Crippen LogP contribution in [0.25, 0.3) is 0 Å². The normalized spacial score (nSPS) is 20.4. The number of nitrogens with zero attached hydrogens (tertiary/aromatic N) is 1. The molecule has 92 valence electrons. The van der Waals surface area contributed by atoms with Crippen molar-refractivity contribution in [2.24, 2.45) is 0 Å². The molecule has 1 amide bonds. The Morgan fingerprint density at radius 1 is 1.41 bits per heavy atom. The first kappa shape index (κ1) is 12.1. The summed E-state index contributed by atoms with van der Waals surface area (Å²) in [6.07, 6.45) is 1.33. The van der Waals surface area contributed by atoms with Crippen molar-refractivity contribution in [3.05, 3.63) is 34.9 Å². The summed E-state index contributed by atoms with van der Waals surface area (Å²) in [5.74, 6) is 0.0463. The van der Waals surface area contributed by atoms with E-state index in [4.69, 9.17) is 0 Å². The Labute approximate surface area is 102 Å². The zero-order chi connectivity index (χ0) is 12.4. The predicted molar refractivity (Wildman–Crippen MR) is 67.1 cm³/mol. The smallest absolute Gasteiger partial charge is 0.254 e. The van der Waals surface area contributed by atoms with Crippen molar-refractivity contribution in [3.8, 4) is 0 Å². The molecule has 1 aliphatic rings. The van der Waals surface area contributed by atoms with Gasteiger partial charge in [0.05, 0.1) is 6.10 Å². The molecule has 0 aliphatic carbocycles. The molecule has 1 unspecified atom stereocenters. The van der Waals surface area contributed by atoms with E-state index in [1.54, 1.807) is 4.90 Å². The zero-order valence-corrected chi connectivity index (χ0v) is 10.4. The Kier molecular flexibility index (Phi) is 3.48. The maximum absolute atomic E-state index is 12.3. The van der Waals surface area contributed by atoms with Gasteiger partial charge >= 0.3 is 0 Å². The van der Waals surface area contributed by atoms with Crippen LogP contribution >= 0.6 is 0 Å². The van der Waals surface area contributed by atoms with Gasteiger partial charge in [-0.05, 0) is 38.3 Å². The highest BCUT2D eigenvalue weighted by Gasteiger charge is 2.23. The number of aliphatic hydroxyl groups excluding tert-OH is 1. The molecule has 1 saturated heterocycles. The van der Waals surface area contributed by atoms with Crippen molar-refractivity contribution in [2.45, 2.75) is 32.8 Å². The number of aryl methyl sites for hydroxylation is 2. The van der Waals surface area contributed by atoms with E-state index in [-0.39, 0.29) is 12.0 Å². The van der Waals surface area contributed by atoms with Gasteiger partial charge in [-0.2, -0.15) is 0 Å². The maximum atomic E-state index is 12.3. The number of hydrogen-bond acceptors (Lipinski definition) is 2. The van der Waals surface area contributed by atoms with Crippen molar-refractivity contribution in [1.29, 1.82) is 0 Å². The molecule has 0 radical (unpaired) electrons. The molecule has 1 heterocycles. The summed E-state index contributed by atoms with van der Waals surface area (Å²) in [6, 6.07) is 5.92. The standard InChI is InChI=1S/C14H19NO2/c1-10-5-6-11(2)13(8-10)14(17)15-7-3-4-12(16)9-15/h5-6,8,12,16H,3-4,7,9H2,1-2H3. The van der Waals surface area contributed by atoms with E-state index in [1.165, 1.54) is 0 Å². The van der Waals surface area contributed by atoms with E-state index in [1.807, 2.05) is 32.0 Å². The molecule has 0 spiro atoms. The van der Waals surface area contributed by atoms with E-state index in [2.05, 4.69) is 0 Å². The maximum Gasteiger partial charge on any atom is 0.254 e. The molecule has 3 heteroatoms. The lowest BCUT2D eigenvalue weighted by atomic mass is 10.0. The number of rotatable bonds is 1. The molecule has 1 N–H and O–H groups in total. The van der Waals surface area contributed by atoms with Gasteiger partial charge in [0, 0.05) is 18.7 Å². The fourth-order valence-electron chi connectivity index (χ4n) is 2.28. The average molecular weight is 233 g/mol. The third kappa shape index (κ3) is 2.67. The minimum absolute atomic E-state index is 0.0463. The number of carbonyl (C=O) groups is 1. The van der Waals surface area contributed by atoms with E-state index in [9.17, 15) is 9.90 Å². The predicted octanol–water partition coefficient (Wildman–Crippen LogP) is 1.90. The molecule has 1 aromatic rings. The number of benzene rings is 1. The number of β-amino-alcohol motifs (C(OH)–C–C–N with tert-alkyl or cyclic N) is 1. The van der Waals surface area contributed by atoms with Gasteiger partial charge in [-0.25, -0.2) is 0 Å². The van der Waals surface area contributed by atoms with Crippen molar-refractivity contribution < 1.29 is 9.90 Å². The lowest BCUT2D eigenvalue weighted by Crippen LogP contribution is -2.42. The summed E-state index contributed by atoms with van der Waals surface area (Å²) in [5.41, 5.74) is 2.86. The summed E-state index contributed by atoms with van der Waals surface area (Å²) in [7, 11) is 0. The Morgan fingerprint density at radius 2 is 2.18 bits per heavy atom. The summed E-state index contributed by atoms with van der Waals surface area (Å²) in [6.45, 7) is 5.16. The Hall–Kier alpha value is -1.35. The van der Waals surface area contributed by atoms with Gasteiger partial charge < -0.3 is 10.0 Å². The molecule has 1 aliphatic heterocycles. The molecule has 17 heavy (non-hydrogen) atoms. The van der Waals surface area contributed by atoms with Crippen molar-refractivity contribution in [1.82, 2.24) is 4.90 Å². The minimum atomic E-state index is -0.363. The second-order valence-electron chi connectivity index (χ2n) is 4.87. The second-order valence-corrected chi connectivity index (χ2v) is 4.87. The SMILES string of the molecule is Cc1ccc(C)c(C(=O)N2CCCC(O)C2)c1. The molecule has 0 aromatic heterocycles. The largest absolute Gasteiger partial charge is 0.391 e. The topological polar surface area (TPSA) is 40.5 Å². The molecule has 0 bridgehead atoms. The highest BCUT2D eigenvalue weighted by Crippen LogP contribution is 2.17. The van der Waals surface area contributed by atoms with Crippen LogP contribution in [0.4, 0.5) is 0 Å². The van der Waals surface area contributed by atoms with E-state index < -0.39 is 0 Å². The van der Waals surface area contributed by atoms with Gasteiger partial charge in [-0.15, -0.1) is 0 Å². The quantitative estimate of drug-likeness (QED) is 0.804. The number of hydrogen-bond donors (Lipinski definition) is 1. The van der Waals surface area contributed by atoms with Crippen LogP contribution in [0.3, 0.4) is 0 Å². The Balaban J connectivity index is 2.21. The first-order valence-corrected chi connectivity index (χ1v) is 6.12. The number of amides is 1. The fraction of sp³-hybridized carbons (Fsp3) is 0.500. The van der Waals surface area contributed by atoms with Crippen LogP contribution in [0, 0.1) is 13.8 Å². The third-order valence-corrected chi connectivity index (χ3v) is 3.31. The van der Waals surface area contributed by atoms with Crippen LogP contribution in [0.15, 0.2) is 18.2 Å². The molecular weight excluding hydrogens is 214 g/mol. The average Bonchev–Trinajstić information content (AvgIpc) is 2.31. The highest BCUT2D eigenvalue weighted by atomic mass is 16.3. The number of aliphatic hydroxyl groups is 1. The van der Waals surface area contributed by atoms with E-state index in [0.717, 1.165) is 36.1 Å². The van der Waals surface area contributed by atoms with Gasteiger partial charge in [0.1, 0.15) is 0 Å². The van der Waals surface area contributed by atoms with E-state index >= 15 is 0 Å². The minimum Gasteiger partial charge on any atom is -0.391 e. The summed E-state index contributed by atoms with van der Waals surface area (Å²) >= 11 is 0. The first-order chi connectivity index (χ1) is 8.08. The molecule has 1 atom stereocenters. The first-order valence-electron chi connectivity index (χ1n) is 6.12. The lowest BCUT2D eigenvalue weighted by molar-refractivity contribution is 0.0473. The number of carbonyl (C=O) groups excluding carboxylic acids is 1. The molecule has 2 rings (SSSR count). The zero-order valence-electron chi connectivity index (χ0n) is 10.4. The summed E-state index contributed by atoms with van der Waals surface area (Å²) in [4.78, 5) is 14.1. The molecule has 1 aromatic carbocycles. The van der Waals surface area contributed by atoms with Crippen LogP contribution in [-0.2, 0) is 0 Å². The van der Waals surface area contributed by atoms with Crippen molar-refractivity contribution >= 4 is 5.91 Å². The van der Waals surface area contributed by atoms with Crippen LogP contribution in [0.1, 0.15) is 34.3 Å². The Morgan fingerprint density at radius 3 is 2.88 bits per heavy atom. The van der Waals surface area contributed by atoms with Gasteiger partial charge in [-0.3, -0.25) is 4.79 Å². The van der Waals surface area contributed by atoms with E-state index in [0.29, 0.717) is 6.54 Å². The summed E-state index contributed by atoms with van der Waals surface area (Å²) in [5, 5.41) is 9.61. The fourth-order valence-corrected chi connectivity index (χ4v) is 2.28. The van der Waals surface area contributed by atoms with Crippen LogP contribution in [-0.4, -0.2) is 35.1 Å². The number of piperidine rings is 1. The van der Waals surface area contributed by atoms with Crippen molar-refractivity contribution in [2.75, 3.05) is 13.1 Å².